The van der Waals surface area contributed by atoms with Crippen molar-refractivity contribution >= 4 is 17.4 Å². The summed E-state index contributed by atoms with van der Waals surface area (Å²) in [7, 11) is 0. The first kappa shape index (κ1) is 15.6. The zero-order valence-corrected chi connectivity index (χ0v) is 12.0. The molecule has 3 nitrogen and oxygen atoms in total. The van der Waals surface area contributed by atoms with E-state index in [1.54, 1.807) is 4.90 Å². The van der Waals surface area contributed by atoms with Crippen molar-refractivity contribution in [1.29, 1.82) is 0 Å². The highest BCUT2D eigenvalue weighted by atomic mass is 35.5. The Morgan fingerprint density at radius 3 is 2.38 bits per heavy atom. The number of alkyl halides is 3. The molecule has 0 aliphatic heterocycles. The predicted octanol–water partition coefficient (Wildman–Crippen LogP) is 4.18. The average Bonchev–Trinajstić information content (AvgIpc) is 2.44. The molecule has 2 rings (SSSR count). The van der Waals surface area contributed by atoms with Gasteiger partial charge in [-0.2, -0.15) is 13.2 Å². The summed E-state index contributed by atoms with van der Waals surface area (Å²) in [6.45, 7) is 2.79. The summed E-state index contributed by atoms with van der Waals surface area (Å²) < 4.78 is 38.3. The minimum atomic E-state index is -4.55. The zero-order chi connectivity index (χ0) is 15.5. The molecule has 1 heterocycles. The lowest BCUT2D eigenvalue weighted by molar-refractivity contribution is -0.141. The van der Waals surface area contributed by atoms with Gasteiger partial charge in [0.2, 0.25) is 5.28 Å². The number of hydrogen-bond acceptors (Lipinski definition) is 3. The van der Waals surface area contributed by atoms with Crippen LogP contribution in [-0.4, -0.2) is 16.5 Å². The molecule has 0 saturated heterocycles. The van der Waals surface area contributed by atoms with Crippen molar-refractivity contribution in [3.8, 4) is 0 Å². The van der Waals surface area contributed by atoms with Gasteiger partial charge in [0.25, 0.3) is 0 Å². The Balaban J connectivity index is 2.32. The summed E-state index contributed by atoms with van der Waals surface area (Å²) >= 11 is 5.61. The molecule has 7 heteroatoms. The molecule has 0 unspecified atom stereocenters. The van der Waals surface area contributed by atoms with Crippen LogP contribution in [0.4, 0.5) is 19.0 Å². The summed E-state index contributed by atoms with van der Waals surface area (Å²) in [6, 6.07) is 10.3. The first-order valence-corrected chi connectivity index (χ1v) is 6.68. The topological polar surface area (TPSA) is 29.0 Å². The fourth-order valence-corrected chi connectivity index (χ4v) is 2.05. The van der Waals surface area contributed by atoms with Crippen LogP contribution in [0.15, 0.2) is 36.4 Å². The Morgan fingerprint density at radius 1 is 1.14 bits per heavy atom. The molecular formula is C14H13ClF3N3. The van der Waals surface area contributed by atoms with Gasteiger partial charge < -0.3 is 4.90 Å². The molecule has 2 aromatic rings. The van der Waals surface area contributed by atoms with Crippen molar-refractivity contribution in [2.45, 2.75) is 19.6 Å². The van der Waals surface area contributed by atoms with Gasteiger partial charge in [-0.15, -0.1) is 0 Å². The van der Waals surface area contributed by atoms with E-state index in [0.29, 0.717) is 13.1 Å². The molecule has 0 bridgehead atoms. The van der Waals surface area contributed by atoms with Crippen molar-refractivity contribution in [3.05, 3.63) is 52.9 Å². The number of anilines is 1. The molecule has 112 valence electrons. The fourth-order valence-electron chi connectivity index (χ4n) is 1.87. The van der Waals surface area contributed by atoms with E-state index in [0.717, 1.165) is 11.6 Å². The van der Waals surface area contributed by atoms with Crippen molar-refractivity contribution in [1.82, 2.24) is 9.97 Å². The largest absolute Gasteiger partial charge is 0.433 e. The Morgan fingerprint density at radius 2 is 1.81 bits per heavy atom. The van der Waals surface area contributed by atoms with Crippen molar-refractivity contribution < 1.29 is 13.2 Å². The first-order valence-electron chi connectivity index (χ1n) is 6.31. The van der Waals surface area contributed by atoms with Crippen LogP contribution >= 0.6 is 11.6 Å². The molecule has 0 amide bonds. The Kier molecular flexibility index (Phi) is 4.67. The number of aromatic nitrogens is 2. The average molecular weight is 316 g/mol. The van der Waals surface area contributed by atoms with E-state index in [1.165, 1.54) is 0 Å². The van der Waals surface area contributed by atoms with Gasteiger partial charge in [-0.1, -0.05) is 30.3 Å². The monoisotopic (exact) mass is 315 g/mol. The van der Waals surface area contributed by atoms with E-state index in [9.17, 15) is 13.2 Å². The summed E-state index contributed by atoms with van der Waals surface area (Å²) in [4.78, 5) is 8.83. The van der Waals surface area contributed by atoms with Gasteiger partial charge >= 0.3 is 6.18 Å². The maximum absolute atomic E-state index is 12.8. The van der Waals surface area contributed by atoms with Crippen LogP contribution in [-0.2, 0) is 12.7 Å². The molecule has 1 aromatic heterocycles. The van der Waals surface area contributed by atoms with Crippen LogP contribution in [0.2, 0.25) is 5.28 Å². The molecule has 0 spiro atoms. The van der Waals surface area contributed by atoms with Crippen molar-refractivity contribution in [2.75, 3.05) is 11.4 Å². The van der Waals surface area contributed by atoms with Crippen molar-refractivity contribution in [3.63, 3.8) is 0 Å². The number of benzene rings is 1. The van der Waals surface area contributed by atoms with Crippen LogP contribution in [0.3, 0.4) is 0 Å². The maximum atomic E-state index is 12.8. The normalized spacial score (nSPS) is 11.5. The lowest BCUT2D eigenvalue weighted by atomic mass is 10.2. The van der Waals surface area contributed by atoms with Gasteiger partial charge in [-0.25, -0.2) is 9.97 Å². The second-order valence-electron chi connectivity index (χ2n) is 4.38. The van der Waals surface area contributed by atoms with Gasteiger partial charge in [0.15, 0.2) is 5.69 Å². The van der Waals surface area contributed by atoms with Crippen LogP contribution in [0, 0.1) is 0 Å². The number of halogens is 4. The predicted molar refractivity (Wildman–Crippen MR) is 75.2 cm³/mol. The summed E-state index contributed by atoms with van der Waals surface area (Å²) in [5.41, 5.74) is -0.0633. The number of hydrogen-bond donors (Lipinski definition) is 0. The first-order chi connectivity index (χ1) is 9.90. The second kappa shape index (κ2) is 6.30. The minimum Gasteiger partial charge on any atom is -0.352 e. The lowest BCUT2D eigenvalue weighted by Gasteiger charge is -2.22. The second-order valence-corrected chi connectivity index (χ2v) is 4.72. The molecule has 0 aliphatic carbocycles. The quantitative estimate of drug-likeness (QED) is 0.793. The van der Waals surface area contributed by atoms with E-state index in [1.807, 2.05) is 37.3 Å². The molecule has 0 radical (unpaired) electrons. The molecule has 0 aliphatic rings. The van der Waals surface area contributed by atoms with Gasteiger partial charge in [0.05, 0.1) is 0 Å². The third-order valence-electron chi connectivity index (χ3n) is 2.90. The molecule has 0 atom stereocenters. The molecular weight excluding hydrogens is 303 g/mol. The highest BCUT2D eigenvalue weighted by Crippen LogP contribution is 2.30. The van der Waals surface area contributed by atoms with Crippen LogP contribution in [0.5, 0.6) is 0 Å². The minimum absolute atomic E-state index is 0.161. The molecule has 1 aromatic carbocycles. The lowest BCUT2D eigenvalue weighted by Crippen LogP contribution is -2.24. The van der Waals surface area contributed by atoms with Crippen molar-refractivity contribution in [2.24, 2.45) is 0 Å². The molecule has 21 heavy (non-hydrogen) atoms. The Hall–Kier alpha value is -1.82. The molecule has 0 fully saturated rings. The van der Waals surface area contributed by atoms with Crippen LogP contribution < -0.4 is 4.90 Å². The smallest absolute Gasteiger partial charge is 0.352 e. The SMILES string of the molecule is CCN(Cc1ccccc1)c1cc(C(F)(F)F)nc(Cl)n1. The Bertz CT molecular complexity index is 602. The summed E-state index contributed by atoms with van der Waals surface area (Å²) in [5.74, 6) is 0.161. The summed E-state index contributed by atoms with van der Waals surface area (Å²) in [6.07, 6.45) is -4.55. The standard InChI is InChI=1S/C14H13ClF3N3/c1-2-21(9-10-6-4-3-5-7-10)12-8-11(14(16,17)18)19-13(15)20-12/h3-8H,2,9H2,1H3. The van der Waals surface area contributed by atoms with Gasteiger partial charge in [-0.3, -0.25) is 0 Å². The van der Waals surface area contributed by atoms with E-state index >= 15 is 0 Å². The van der Waals surface area contributed by atoms with Crippen LogP contribution in [0.25, 0.3) is 0 Å². The molecule has 0 saturated carbocycles. The zero-order valence-electron chi connectivity index (χ0n) is 11.2. The van der Waals surface area contributed by atoms with E-state index in [-0.39, 0.29) is 5.82 Å². The van der Waals surface area contributed by atoms with Crippen LogP contribution in [0.1, 0.15) is 18.2 Å². The molecule has 0 N–H and O–H groups in total. The van der Waals surface area contributed by atoms with Gasteiger partial charge in [0.1, 0.15) is 5.82 Å². The van der Waals surface area contributed by atoms with E-state index < -0.39 is 17.2 Å². The van der Waals surface area contributed by atoms with Gasteiger partial charge in [0, 0.05) is 19.2 Å². The van der Waals surface area contributed by atoms with E-state index in [4.69, 9.17) is 11.6 Å². The Labute approximate surface area is 125 Å². The van der Waals surface area contributed by atoms with Gasteiger partial charge in [-0.05, 0) is 24.1 Å². The fraction of sp³-hybridized carbons (Fsp3) is 0.286. The maximum Gasteiger partial charge on any atom is 0.433 e. The van der Waals surface area contributed by atoms with E-state index in [2.05, 4.69) is 9.97 Å². The third kappa shape index (κ3) is 4.07. The third-order valence-corrected chi connectivity index (χ3v) is 3.07. The highest BCUT2D eigenvalue weighted by molar-refractivity contribution is 6.28. The summed E-state index contributed by atoms with van der Waals surface area (Å²) in [5, 5.41) is -0.411. The number of nitrogens with zero attached hydrogens (tertiary/aromatic N) is 3. The number of rotatable bonds is 4. The highest BCUT2D eigenvalue weighted by Gasteiger charge is 2.34.